The van der Waals surface area contributed by atoms with Crippen molar-refractivity contribution in [3.63, 3.8) is 0 Å². The molecule has 3 aliphatic rings. The van der Waals surface area contributed by atoms with Crippen molar-refractivity contribution in [3.05, 3.63) is 108 Å². The Labute approximate surface area is 288 Å². The average Bonchev–Trinajstić information content (AvgIpc) is 3.65. The number of benzene rings is 4. The van der Waals surface area contributed by atoms with Crippen molar-refractivity contribution in [3.8, 4) is 0 Å². The monoisotopic (exact) mass is 685 g/mol. The normalized spacial score (nSPS) is 19.7. The third-order valence-electron chi connectivity index (χ3n) is 10.4. The number of para-hydroxylation sites is 1. The Kier molecular flexibility index (Phi) is 10.0. The van der Waals surface area contributed by atoms with Crippen LogP contribution in [0.2, 0.25) is 0 Å². The van der Waals surface area contributed by atoms with Crippen molar-refractivity contribution in [1.29, 1.82) is 0 Å². The number of fused-ring (bicyclic) bond motifs is 2. The smallest absolute Gasteiger partial charge is 0.264 e. The summed E-state index contributed by atoms with van der Waals surface area (Å²) < 4.78 is 56.9. The van der Waals surface area contributed by atoms with Crippen molar-refractivity contribution in [1.82, 2.24) is 9.80 Å². The highest BCUT2D eigenvalue weighted by molar-refractivity contribution is 7.92. The lowest BCUT2D eigenvalue weighted by Crippen LogP contribution is -2.49. The fourth-order valence-electron chi connectivity index (χ4n) is 7.65. The van der Waals surface area contributed by atoms with Gasteiger partial charge in [-0.2, -0.15) is 0 Å². The zero-order valence-electron chi connectivity index (χ0n) is 27.8. The zero-order valence-corrected chi connectivity index (χ0v) is 28.6. The Morgan fingerprint density at radius 3 is 2.41 bits per heavy atom. The third kappa shape index (κ3) is 7.24. The van der Waals surface area contributed by atoms with Crippen molar-refractivity contribution < 1.29 is 27.1 Å². The maximum atomic E-state index is 14.3. The molecule has 0 N–H and O–H groups in total. The number of ether oxygens (including phenoxy) is 2. The molecule has 0 aliphatic carbocycles. The van der Waals surface area contributed by atoms with E-state index in [-0.39, 0.29) is 29.8 Å². The van der Waals surface area contributed by atoms with Crippen LogP contribution in [0.3, 0.4) is 0 Å². The van der Waals surface area contributed by atoms with Crippen molar-refractivity contribution in [2.45, 2.75) is 55.1 Å². The van der Waals surface area contributed by atoms with Crippen LogP contribution in [-0.4, -0.2) is 82.7 Å². The summed E-state index contributed by atoms with van der Waals surface area (Å²) in [5, 5.41) is 1.82. The molecule has 258 valence electrons. The maximum absolute atomic E-state index is 14.3. The summed E-state index contributed by atoms with van der Waals surface area (Å²) in [4.78, 5) is 17.8. The molecule has 0 saturated carbocycles. The van der Waals surface area contributed by atoms with E-state index >= 15 is 0 Å². The van der Waals surface area contributed by atoms with Crippen LogP contribution in [0.5, 0.6) is 0 Å². The Morgan fingerprint density at radius 1 is 0.857 bits per heavy atom. The van der Waals surface area contributed by atoms with Crippen molar-refractivity contribution in [2.24, 2.45) is 0 Å². The lowest BCUT2D eigenvalue weighted by Gasteiger charge is -2.42. The van der Waals surface area contributed by atoms with E-state index in [9.17, 15) is 17.6 Å². The Hall–Kier alpha value is -3.83. The Bertz CT molecular complexity index is 1890. The fourth-order valence-corrected chi connectivity index (χ4v) is 9.39. The molecule has 10 heteroatoms. The summed E-state index contributed by atoms with van der Waals surface area (Å²) >= 11 is 0. The molecule has 3 aliphatic heterocycles. The van der Waals surface area contributed by atoms with Gasteiger partial charge in [0.25, 0.3) is 10.0 Å². The summed E-state index contributed by atoms with van der Waals surface area (Å²) in [5.41, 5.74) is 1.77. The van der Waals surface area contributed by atoms with E-state index in [2.05, 4.69) is 4.90 Å². The number of amides is 1. The van der Waals surface area contributed by atoms with Gasteiger partial charge in [0.05, 0.1) is 35.4 Å². The van der Waals surface area contributed by atoms with E-state index in [0.29, 0.717) is 51.1 Å². The first-order valence-corrected chi connectivity index (χ1v) is 18.9. The zero-order chi connectivity index (χ0) is 33.8. The van der Waals surface area contributed by atoms with Crippen LogP contribution in [-0.2, 0) is 36.3 Å². The van der Waals surface area contributed by atoms with E-state index in [4.69, 9.17) is 9.47 Å². The lowest BCUT2D eigenvalue weighted by atomic mass is 9.84. The predicted octanol–water partition coefficient (Wildman–Crippen LogP) is 6.14. The van der Waals surface area contributed by atoms with Crippen LogP contribution in [0, 0.1) is 5.82 Å². The number of halogens is 1. The van der Waals surface area contributed by atoms with Crippen LogP contribution in [0.15, 0.2) is 95.9 Å². The molecule has 2 saturated heterocycles. The van der Waals surface area contributed by atoms with E-state index in [1.165, 1.54) is 23.2 Å². The number of nitrogens with zero attached hydrogens (tertiary/aromatic N) is 3. The van der Waals surface area contributed by atoms with Gasteiger partial charge in [0.1, 0.15) is 12.4 Å². The minimum Gasteiger partial charge on any atom is -0.369 e. The number of aryl methyl sites for hydroxylation is 1. The molecule has 0 aromatic heterocycles. The highest BCUT2D eigenvalue weighted by Crippen LogP contribution is 2.38. The topological polar surface area (TPSA) is 79.4 Å². The Balaban J connectivity index is 1.01. The van der Waals surface area contributed by atoms with Gasteiger partial charge in [-0.25, -0.2) is 12.8 Å². The first-order chi connectivity index (χ1) is 23.8. The molecular formula is C39H44FN3O5S. The maximum Gasteiger partial charge on any atom is 0.264 e. The number of hydrogen-bond donors (Lipinski definition) is 0. The highest BCUT2D eigenvalue weighted by atomic mass is 32.2. The minimum absolute atomic E-state index is 0.0908. The minimum atomic E-state index is -3.93. The molecule has 0 bridgehead atoms. The van der Waals surface area contributed by atoms with Gasteiger partial charge in [-0.1, -0.05) is 60.7 Å². The first kappa shape index (κ1) is 33.7. The van der Waals surface area contributed by atoms with Gasteiger partial charge in [-0.3, -0.25) is 9.10 Å². The van der Waals surface area contributed by atoms with Gasteiger partial charge in [-0.15, -0.1) is 0 Å². The predicted molar refractivity (Wildman–Crippen MR) is 189 cm³/mol. The molecule has 4 aromatic rings. The molecule has 1 unspecified atom stereocenters. The number of sulfonamides is 1. The standard InChI is InChI=1S/C39H44FN3O5S/c40-34-12-7-11-33(27-34)39(48-25-24-41-20-5-6-21-41)18-22-42(23-19-39)38(44)29-47-28-35-16-14-31-9-3-4-13-37(31)43(35)49(45,46)36-17-15-30-8-1-2-10-32(30)26-36/h1-4,7-13,15,17,26-27,35H,5-6,14,16,18-25,28-29H2. The summed E-state index contributed by atoms with van der Waals surface area (Å²) in [6.07, 6.45) is 4.82. The molecule has 0 radical (unpaired) electrons. The second-order valence-corrected chi connectivity index (χ2v) is 15.2. The second kappa shape index (κ2) is 14.6. The van der Waals surface area contributed by atoms with Gasteiger partial charge >= 0.3 is 0 Å². The van der Waals surface area contributed by atoms with Gasteiger partial charge in [0.2, 0.25) is 5.91 Å². The molecular weight excluding hydrogens is 642 g/mol. The van der Waals surface area contributed by atoms with E-state index in [0.717, 1.165) is 41.5 Å². The Morgan fingerprint density at radius 2 is 1.61 bits per heavy atom. The molecule has 49 heavy (non-hydrogen) atoms. The fraction of sp³-hybridized carbons (Fsp3) is 0.410. The number of rotatable bonds is 11. The van der Waals surface area contributed by atoms with Crippen LogP contribution in [0.1, 0.15) is 43.2 Å². The molecule has 1 amide bonds. The summed E-state index contributed by atoms with van der Waals surface area (Å²) in [6.45, 7) is 4.42. The summed E-state index contributed by atoms with van der Waals surface area (Å²) in [6, 6.07) is 26.7. The van der Waals surface area contributed by atoms with Gasteiger partial charge < -0.3 is 19.3 Å². The van der Waals surface area contributed by atoms with Gasteiger partial charge in [-0.05, 0) is 104 Å². The number of anilines is 1. The van der Waals surface area contributed by atoms with E-state index in [1.54, 1.807) is 29.2 Å². The molecule has 0 spiro atoms. The largest absolute Gasteiger partial charge is 0.369 e. The first-order valence-electron chi connectivity index (χ1n) is 17.4. The number of hydrogen-bond acceptors (Lipinski definition) is 6. The van der Waals surface area contributed by atoms with Crippen LogP contribution in [0.25, 0.3) is 10.8 Å². The average molecular weight is 686 g/mol. The van der Waals surface area contributed by atoms with Crippen LogP contribution in [0.4, 0.5) is 10.1 Å². The van der Waals surface area contributed by atoms with Gasteiger partial charge in [0, 0.05) is 19.6 Å². The third-order valence-corrected chi connectivity index (χ3v) is 12.2. The molecule has 2 fully saturated rings. The summed E-state index contributed by atoms with van der Waals surface area (Å²) in [5.74, 6) is -0.445. The molecule has 4 aromatic carbocycles. The van der Waals surface area contributed by atoms with Crippen LogP contribution >= 0.6 is 0 Å². The SMILES string of the molecule is O=C(COCC1CCc2ccccc2N1S(=O)(=O)c1ccc2ccccc2c1)N1CCC(OCCN2CCCC2)(c2cccc(F)c2)CC1. The molecule has 3 heterocycles. The number of piperidine rings is 1. The molecule has 1 atom stereocenters. The summed E-state index contributed by atoms with van der Waals surface area (Å²) in [7, 11) is -3.93. The highest BCUT2D eigenvalue weighted by Gasteiger charge is 2.40. The van der Waals surface area contributed by atoms with Crippen molar-refractivity contribution >= 4 is 32.4 Å². The number of carbonyl (C=O) groups is 1. The van der Waals surface area contributed by atoms with E-state index in [1.807, 2.05) is 60.7 Å². The van der Waals surface area contributed by atoms with Crippen molar-refractivity contribution in [2.75, 3.05) is 56.8 Å². The van der Waals surface area contributed by atoms with Gasteiger partial charge in [0.15, 0.2) is 0 Å². The molecule has 7 rings (SSSR count). The number of carbonyl (C=O) groups excluding carboxylic acids is 1. The number of likely N-dealkylation sites (tertiary alicyclic amines) is 2. The lowest BCUT2D eigenvalue weighted by molar-refractivity contribution is -0.144. The second-order valence-electron chi connectivity index (χ2n) is 13.4. The van der Waals surface area contributed by atoms with Crippen LogP contribution < -0.4 is 4.31 Å². The quantitative estimate of drug-likeness (QED) is 0.189. The molecule has 8 nitrogen and oxygen atoms in total. The van der Waals surface area contributed by atoms with E-state index < -0.39 is 21.7 Å².